The van der Waals surface area contributed by atoms with E-state index in [9.17, 15) is 9.59 Å². The third-order valence-corrected chi connectivity index (χ3v) is 6.23. The Morgan fingerprint density at radius 1 is 0.971 bits per heavy atom. The molecule has 9 heteroatoms. The molecule has 1 heterocycles. The molecule has 0 unspecified atom stereocenters. The number of anilines is 1. The maximum atomic E-state index is 13.4. The van der Waals surface area contributed by atoms with E-state index in [1.807, 2.05) is 55.5 Å². The number of aryl methyl sites for hydroxylation is 1. The topological polar surface area (TPSA) is 91.7 Å². The van der Waals surface area contributed by atoms with E-state index >= 15 is 0 Å². The number of nitrogens with zero attached hydrogens (tertiary/aromatic N) is 2. The van der Waals surface area contributed by atoms with Crippen LogP contribution >= 0.6 is 11.8 Å². The quantitative estimate of drug-likeness (QED) is 0.288. The van der Waals surface area contributed by atoms with Crippen molar-refractivity contribution >= 4 is 34.3 Å². The molecule has 0 atom stereocenters. The van der Waals surface area contributed by atoms with Gasteiger partial charge in [0, 0.05) is 17.8 Å². The van der Waals surface area contributed by atoms with E-state index in [0.717, 1.165) is 5.56 Å². The molecule has 1 aromatic heterocycles. The number of para-hydroxylation sites is 1. The van der Waals surface area contributed by atoms with E-state index in [2.05, 4.69) is 5.32 Å². The highest BCUT2D eigenvalue weighted by atomic mass is 32.2. The molecule has 0 spiro atoms. The van der Waals surface area contributed by atoms with Gasteiger partial charge >= 0.3 is 0 Å². The molecular weight excluding hydrogens is 466 g/mol. The van der Waals surface area contributed by atoms with Crippen molar-refractivity contribution in [3.8, 4) is 22.9 Å². The fourth-order valence-corrected chi connectivity index (χ4v) is 4.47. The van der Waals surface area contributed by atoms with E-state index in [1.54, 1.807) is 16.7 Å². The van der Waals surface area contributed by atoms with Gasteiger partial charge in [0.1, 0.15) is 0 Å². The second-order valence-electron chi connectivity index (χ2n) is 7.64. The Bertz CT molecular complexity index is 1410. The minimum absolute atomic E-state index is 0.0350. The fraction of sp³-hybridized carbons (Fsp3) is 0.192. The van der Waals surface area contributed by atoms with Gasteiger partial charge in [0.05, 0.1) is 43.7 Å². The smallest absolute Gasteiger partial charge is 0.266 e. The summed E-state index contributed by atoms with van der Waals surface area (Å²) in [7, 11) is 4.53. The number of hydrogen-bond acceptors (Lipinski definition) is 7. The van der Waals surface area contributed by atoms with Crippen molar-refractivity contribution < 1.29 is 19.0 Å². The number of benzene rings is 3. The Kier molecular flexibility index (Phi) is 7.26. The third-order valence-electron chi connectivity index (χ3n) is 5.29. The van der Waals surface area contributed by atoms with E-state index in [1.165, 1.54) is 33.1 Å². The first kappa shape index (κ1) is 24.2. The van der Waals surface area contributed by atoms with Gasteiger partial charge in [-0.1, -0.05) is 41.6 Å². The van der Waals surface area contributed by atoms with Crippen LogP contribution in [0.15, 0.2) is 70.6 Å². The van der Waals surface area contributed by atoms with Crippen LogP contribution in [-0.4, -0.2) is 42.5 Å². The Morgan fingerprint density at radius 2 is 1.66 bits per heavy atom. The summed E-state index contributed by atoms with van der Waals surface area (Å²) in [5.41, 5.74) is 2.55. The van der Waals surface area contributed by atoms with Crippen LogP contribution in [0.2, 0.25) is 0 Å². The highest BCUT2D eigenvalue weighted by Gasteiger charge is 2.17. The normalized spacial score (nSPS) is 10.7. The number of methoxy groups -OCH3 is 3. The molecule has 0 saturated carbocycles. The van der Waals surface area contributed by atoms with Gasteiger partial charge in [-0.05, 0) is 31.2 Å². The maximum Gasteiger partial charge on any atom is 0.266 e. The van der Waals surface area contributed by atoms with E-state index in [-0.39, 0.29) is 17.2 Å². The second-order valence-corrected chi connectivity index (χ2v) is 8.58. The van der Waals surface area contributed by atoms with Crippen molar-refractivity contribution in [1.82, 2.24) is 9.55 Å². The zero-order valence-corrected chi connectivity index (χ0v) is 20.6. The molecule has 180 valence electrons. The van der Waals surface area contributed by atoms with Gasteiger partial charge in [0.15, 0.2) is 16.7 Å². The fourth-order valence-electron chi connectivity index (χ4n) is 3.66. The highest BCUT2D eigenvalue weighted by Crippen LogP contribution is 2.40. The van der Waals surface area contributed by atoms with Crippen LogP contribution < -0.4 is 25.1 Å². The van der Waals surface area contributed by atoms with Gasteiger partial charge in [-0.25, -0.2) is 4.98 Å². The monoisotopic (exact) mass is 491 g/mol. The van der Waals surface area contributed by atoms with Gasteiger partial charge in [0.2, 0.25) is 11.7 Å². The molecule has 0 fully saturated rings. The zero-order valence-electron chi connectivity index (χ0n) is 19.8. The summed E-state index contributed by atoms with van der Waals surface area (Å²) in [5, 5.41) is 3.80. The number of fused-ring (bicyclic) bond motifs is 1. The molecule has 1 N–H and O–H groups in total. The Morgan fingerprint density at radius 3 is 2.29 bits per heavy atom. The largest absolute Gasteiger partial charge is 0.493 e. The number of carbonyl (C=O) groups excluding carboxylic acids is 1. The summed E-state index contributed by atoms with van der Waals surface area (Å²) in [6, 6.07) is 18.1. The lowest BCUT2D eigenvalue weighted by Crippen LogP contribution is -2.23. The number of thioether (sulfide) groups is 1. The van der Waals surface area contributed by atoms with Crippen molar-refractivity contribution in [1.29, 1.82) is 0 Å². The van der Waals surface area contributed by atoms with Crippen LogP contribution in [0.25, 0.3) is 16.6 Å². The van der Waals surface area contributed by atoms with Crippen molar-refractivity contribution in [2.45, 2.75) is 12.1 Å². The summed E-state index contributed by atoms with van der Waals surface area (Å²) in [6.45, 7) is 1.93. The predicted molar refractivity (Wildman–Crippen MR) is 138 cm³/mol. The van der Waals surface area contributed by atoms with Crippen molar-refractivity contribution in [3.05, 3.63) is 76.6 Å². The van der Waals surface area contributed by atoms with Crippen LogP contribution in [-0.2, 0) is 4.79 Å². The predicted octanol–water partition coefficient (Wildman–Crippen LogP) is 4.45. The summed E-state index contributed by atoms with van der Waals surface area (Å²) >= 11 is 1.18. The number of ether oxygens (including phenoxy) is 3. The van der Waals surface area contributed by atoms with Gasteiger partial charge in [-0.15, -0.1) is 0 Å². The first-order valence-electron chi connectivity index (χ1n) is 10.8. The SMILES string of the molecule is COc1cc(NC(=O)CSc2nc3ccc(C)cc3c(=O)n2-c2ccccc2)cc(OC)c1OC. The number of carbonyl (C=O) groups is 1. The number of aromatic nitrogens is 2. The number of hydrogen-bond donors (Lipinski definition) is 1. The summed E-state index contributed by atoms with van der Waals surface area (Å²) in [6.07, 6.45) is 0. The first-order valence-corrected chi connectivity index (χ1v) is 11.7. The van der Waals surface area contributed by atoms with E-state index in [4.69, 9.17) is 19.2 Å². The molecule has 8 nitrogen and oxygen atoms in total. The van der Waals surface area contributed by atoms with Gasteiger partial charge in [-0.2, -0.15) is 0 Å². The number of amides is 1. The second kappa shape index (κ2) is 10.5. The zero-order chi connectivity index (χ0) is 24.9. The molecule has 0 saturated heterocycles. The van der Waals surface area contributed by atoms with Crippen molar-refractivity contribution in [3.63, 3.8) is 0 Å². The molecule has 4 rings (SSSR count). The van der Waals surface area contributed by atoms with Crippen LogP contribution in [0.5, 0.6) is 17.2 Å². The average molecular weight is 492 g/mol. The van der Waals surface area contributed by atoms with Crippen LogP contribution in [0.3, 0.4) is 0 Å². The van der Waals surface area contributed by atoms with Gasteiger partial charge in [0.25, 0.3) is 5.56 Å². The Balaban J connectivity index is 1.64. The molecule has 35 heavy (non-hydrogen) atoms. The summed E-state index contributed by atoms with van der Waals surface area (Å²) in [5.74, 6) is 1.05. The lowest BCUT2D eigenvalue weighted by Gasteiger charge is -2.15. The molecule has 3 aromatic carbocycles. The van der Waals surface area contributed by atoms with Gasteiger partial charge < -0.3 is 19.5 Å². The lowest BCUT2D eigenvalue weighted by atomic mass is 10.1. The molecule has 0 radical (unpaired) electrons. The molecule has 0 aliphatic rings. The standard InChI is InChI=1S/C26H25N3O5S/c1-16-10-11-20-19(12-16)25(31)29(18-8-6-5-7-9-18)26(28-20)35-15-23(30)27-17-13-21(32-2)24(34-4)22(14-17)33-3/h5-14H,15H2,1-4H3,(H,27,30). The summed E-state index contributed by atoms with van der Waals surface area (Å²) in [4.78, 5) is 30.9. The molecule has 1 amide bonds. The average Bonchev–Trinajstić information content (AvgIpc) is 2.87. The van der Waals surface area contributed by atoms with E-state index in [0.29, 0.717) is 44.7 Å². The highest BCUT2D eigenvalue weighted by molar-refractivity contribution is 7.99. The van der Waals surface area contributed by atoms with Crippen molar-refractivity contribution in [2.75, 3.05) is 32.4 Å². The first-order chi connectivity index (χ1) is 16.9. The van der Waals surface area contributed by atoms with Gasteiger partial charge in [-0.3, -0.25) is 14.2 Å². The lowest BCUT2D eigenvalue weighted by molar-refractivity contribution is -0.113. The number of nitrogens with one attached hydrogen (secondary N) is 1. The van der Waals surface area contributed by atoms with Crippen LogP contribution in [0.1, 0.15) is 5.56 Å². The number of rotatable bonds is 8. The van der Waals surface area contributed by atoms with Crippen molar-refractivity contribution in [2.24, 2.45) is 0 Å². The minimum Gasteiger partial charge on any atom is -0.493 e. The third kappa shape index (κ3) is 5.09. The molecule has 0 aliphatic heterocycles. The van der Waals surface area contributed by atoms with Crippen LogP contribution in [0.4, 0.5) is 5.69 Å². The van der Waals surface area contributed by atoms with E-state index < -0.39 is 0 Å². The molecule has 0 bridgehead atoms. The summed E-state index contributed by atoms with van der Waals surface area (Å²) < 4.78 is 17.6. The Hall–Kier alpha value is -3.98. The van der Waals surface area contributed by atoms with Crippen LogP contribution in [0, 0.1) is 6.92 Å². The molecule has 4 aromatic rings. The molecule has 0 aliphatic carbocycles. The Labute approximate surface area is 206 Å². The molecular formula is C26H25N3O5S. The maximum absolute atomic E-state index is 13.4. The minimum atomic E-state index is -0.276.